The fourth-order valence-corrected chi connectivity index (χ4v) is 2.40. The molecule has 0 radical (unpaired) electrons. The predicted octanol–water partition coefficient (Wildman–Crippen LogP) is -0.227. The van der Waals surface area contributed by atoms with Crippen molar-refractivity contribution in [1.29, 1.82) is 0 Å². The fourth-order valence-electron chi connectivity index (χ4n) is 2.40. The molecule has 0 spiro atoms. The Morgan fingerprint density at radius 1 is 1.20 bits per heavy atom. The summed E-state index contributed by atoms with van der Waals surface area (Å²) < 4.78 is 0. The molecule has 5 heteroatoms. The molecule has 1 saturated heterocycles. The van der Waals surface area contributed by atoms with Crippen LogP contribution in [-0.4, -0.2) is 59.4 Å². The summed E-state index contributed by atoms with van der Waals surface area (Å²) in [5.41, 5.74) is 1.27. The van der Waals surface area contributed by atoms with Crippen LogP contribution in [0.25, 0.3) is 0 Å². The number of hydrogen-bond acceptors (Lipinski definition) is 4. The van der Waals surface area contributed by atoms with E-state index in [-0.39, 0.29) is 12.5 Å². The first-order valence-electron chi connectivity index (χ1n) is 7.04. The summed E-state index contributed by atoms with van der Waals surface area (Å²) in [5.74, 6) is -0.0561. The van der Waals surface area contributed by atoms with E-state index in [0.717, 1.165) is 12.8 Å². The summed E-state index contributed by atoms with van der Waals surface area (Å²) >= 11 is 0. The molecule has 1 aliphatic rings. The number of carbonyl (C=O) groups excluding carboxylic acids is 1. The number of likely N-dealkylation sites (tertiary alicyclic amines) is 1. The summed E-state index contributed by atoms with van der Waals surface area (Å²) in [6.07, 6.45) is 0.380. The molecule has 1 amide bonds. The standard InChI is InChI=1S/C15H22N2O3/c18-13-9-17(10-14(13)19)11-15(20)16-8-4-7-12-5-2-1-3-6-12/h1-3,5-6,13-14,18-19H,4,7-11H2,(H,16,20)/t13-,14+. The molecule has 3 N–H and O–H groups in total. The van der Waals surface area contributed by atoms with Gasteiger partial charge in [0.2, 0.25) is 5.91 Å². The second-order valence-electron chi connectivity index (χ2n) is 5.27. The number of carbonyl (C=O) groups is 1. The van der Waals surface area contributed by atoms with Crippen LogP contribution in [0.3, 0.4) is 0 Å². The summed E-state index contributed by atoms with van der Waals surface area (Å²) in [4.78, 5) is 13.5. The molecule has 20 heavy (non-hydrogen) atoms. The van der Waals surface area contributed by atoms with Gasteiger partial charge in [0, 0.05) is 19.6 Å². The maximum Gasteiger partial charge on any atom is 0.234 e. The van der Waals surface area contributed by atoms with Crippen molar-refractivity contribution in [3.05, 3.63) is 35.9 Å². The minimum Gasteiger partial charge on any atom is -0.389 e. The van der Waals surface area contributed by atoms with Gasteiger partial charge in [-0.15, -0.1) is 0 Å². The number of nitrogens with one attached hydrogen (secondary N) is 1. The Hall–Kier alpha value is -1.43. The largest absolute Gasteiger partial charge is 0.389 e. The van der Waals surface area contributed by atoms with E-state index in [1.807, 2.05) is 18.2 Å². The Labute approximate surface area is 119 Å². The van der Waals surface area contributed by atoms with Crippen molar-refractivity contribution >= 4 is 5.91 Å². The molecule has 2 atom stereocenters. The first-order valence-corrected chi connectivity index (χ1v) is 7.04. The number of amides is 1. The SMILES string of the molecule is O=C(CN1C[C@@H](O)[C@@H](O)C1)NCCCc1ccccc1. The van der Waals surface area contributed by atoms with E-state index in [2.05, 4.69) is 17.4 Å². The highest BCUT2D eigenvalue weighted by atomic mass is 16.3. The molecule has 1 aliphatic heterocycles. The fraction of sp³-hybridized carbons (Fsp3) is 0.533. The van der Waals surface area contributed by atoms with E-state index in [4.69, 9.17) is 0 Å². The van der Waals surface area contributed by atoms with E-state index in [1.54, 1.807) is 4.90 Å². The molecule has 1 aromatic carbocycles. The molecule has 0 unspecified atom stereocenters. The molecule has 2 rings (SSSR count). The van der Waals surface area contributed by atoms with Gasteiger partial charge in [0.05, 0.1) is 18.8 Å². The average Bonchev–Trinajstić information content (AvgIpc) is 2.74. The van der Waals surface area contributed by atoms with Crippen molar-refractivity contribution in [2.75, 3.05) is 26.2 Å². The second kappa shape index (κ2) is 7.38. The van der Waals surface area contributed by atoms with Crippen LogP contribution in [-0.2, 0) is 11.2 Å². The molecule has 0 aliphatic carbocycles. The first-order chi connectivity index (χ1) is 9.65. The second-order valence-corrected chi connectivity index (χ2v) is 5.27. The van der Waals surface area contributed by atoms with Gasteiger partial charge in [-0.2, -0.15) is 0 Å². The minimum absolute atomic E-state index is 0.0561. The molecule has 1 heterocycles. The highest BCUT2D eigenvalue weighted by Gasteiger charge is 2.30. The maximum absolute atomic E-state index is 11.7. The molecular weight excluding hydrogens is 256 g/mol. The van der Waals surface area contributed by atoms with Crippen LogP contribution in [0, 0.1) is 0 Å². The van der Waals surface area contributed by atoms with Gasteiger partial charge >= 0.3 is 0 Å². The van der Waals surface area contributed by atoms with Gasteiger partial charge in [0.15, 0.2) is 0 Å². The third-order valence-corrected chi connectivity index (χ3v) is 3.51. The lowest BCUT2D eigenvalue weighted by atomic mass is 10.1. The van der Waals surface area contributed by atoms with Crippen molar-refractivity contribution in [2.24, 2.45) is 0 Å². The maximum atomic E-state index is 11.7. The smallest absolute Gasteiger partial charge is 0.234 e. The molecule has 5 nitrogen and oxygen atoms in total. The topological polar surface area (TPSA) is 72.8 Å². The molecule has 0 saturated carbocycles. The quantitative estimate of drug-likeness (QED) is 0.629. The van der Waals surface area contributed by atoms with Gasteiger partial charge in [-0.25, -0.2) is 0 Å². The zero-order chi connectivity index (χ0) is 14.4. The zero-order valence-corrected chi connectivity index (χ0v) is 11.5. The van der Waals surface area contributed by atoms with Crippen molar-refractivity contribution in [3.8, 4) is 0 Å². The minimum atomic E-state index is -0.735. The normalized spacial score (nSPS) is 22.9. The lowest BCUT2D eigenvalue weighted by Gasteiger charge is -2.14. The lowest BCUT2D eigenvalue weighted by molar-refractivity contribution is -0.122. The van der Waals surface area contributed by atoms with E-state index < -0.39 is 12.2 Å². The Morgan fingerprint density at radius 2 is 1.85 bits per heavy atom. The lowest BCUT2D eigenvalue weighted by Crippen LogP contribution is -2.37. The van der Waals surface area contributed by atoms with E-state index in [0.29, 0.717) is 19.6 Å². The van der Waals surface area contributed by atoms with Crippen molar-refractivity contribution < 1.29 is 15.0 Å². The summed E-state index contributed by atoms with van der Waals surface area (Å²) in [6, 6.07) is 10.2. The van der Waals surface area contributed by atoms with Crippen LogP contribution in [0.4, 0.5) is 0 Å². The number of hydrogen-bond donors (Lipinski definition) is 3. The molecule has 0 bridgehead atoms. The van der Waals surface area contributed by atoms with E-state index >= 15 is 0 Å². The Bertz CT molecular complexity index is 414. The number of nitrogens with zero attached hydrogens (tertiary/aromatic N) is 1. The number of aryl methyl sites for hydroxylation is 1. The molecule has 110 valence electrons. The van der Waals surface area contributed by atoms with Crippen molar-refractivity contribution in [2.45, 2.75) is 25.0 Å². The number of rotatable bonds is 6. The first kappa shape index (κ1) is 15.0. The number of benzene rings is 1. The van der Waals surface area contributed by atoms with Crippen molar-refractivity contribution in [1.82, 2.24) is 10.2 Å². The number of aliphatic hydroxyl groups is 2. The monoisotopic (exact) mass is 278 g/mol. The summed E-state index contributed by atoms with van der Waals surface area (Å²) in [6.45, 7) is 1.60. The van der Waals surface area contributed by atoms with Gasteiger partial charge in [-0.3, -0.25) is 9.69 Å². The van der Waals surface area contributed by atoms with Crippen LogP contribution in [0.15, 0.2) is 30.3 Å². The third-order valence-electron chi connectivity index (χ3n) is 3.51. The van der Waals surface area contributed by atoms with Gasteiger partial charge in [0.1, 0.15) is 0 Å². The van der Waals surface area contributed by atoms with Gasteiger partial charge in [-0.1, -0.05) is 30.3 Å². The van der Waals surface area contributed by atoms with Crippen LogP contribution < -0.4 is 5.32 Å². The average molecular weight is 278 g/mol. The van der Waals surface area contributed by atoms with Crippen molar-refractivity contribution in [3.63, 3.8) is 0 Å². The molecule has 0 aromatic heterocycles. The van der Waals surface area contributed by atoms with E-state index in [9.17, 15) is 15.0 Å². The zero-order valence-electron chi connectivity index (χ0n) is 11.5. The number of aliphatic hydroxyl groups excluding tert-OH is 2. The highest BCUT2D eigenvalue weighted by Crippen LogP contribution is 2.08. The van der Waals surface area contributed by atoms with Gasteiger partial charge in [0.25, 0.3) is 0 Å². The van der Waals surface area contributed by atoms with Crippen LogP contribution in [0.1, 0.15) is 12.0 Å². The van der Waals surface area contributed by atoms with Crippen LogP contribution in [0.5, 0.6) is 0 Å². The van der Waals surface area contributed by atoms with E-state index in [1.165, 1.54) is 5.56 Å². The molecular formula is C15H22N2O3. The Morgan fingerprint density at radius 3 is 2.50 bits per heavy atom. The van der Waals surface area contributed by atoms with Crippen LogP contribution in [0.2, 0.25) is 0 Å². The Balaban J connectivity index is 1.59. The van der Waals surface area contributed by atoms with Gasteiger partial charge < -0.3 is 15.5 Å². The number of β-amino-alcohol motifs (C(OH)–C–C–N with tert-alkyl or cyclic N) is 2. The van der Waals surface area contributed by atoms with Crippen LogP contribution >= 0.6 is 0 Å². The highest BCUT2D eigenvalue weighted by molar-refractivity contribution is 5.78. The summed E-state index contributed by atoms with van der Waals surface area (Å²) in [7, 11) is 0. The third kappa shape index (κ3) is 4.59. The molecule has 1 fully saturated rings. The Kier molecular flexibility index (Phi) is 5.52. The summed E-state index contributed by atoms with van der Waals surface area (Å²) in [5, 5.41) is 21.7. The predicted molar refractivity (Wildman–Crippen MR) is 76.2 cm³/mol. The van der Waals surface area contributed by atoms with Gasteiger partial charge in [-0.05, 0) is 18.4 Å². The molecule has 1 aromatic rings.